The monoisotopic (exact) mass is 470 g/mol. The third-order valence-corrected chi connectivity index (χ3v) is 8.95. The second-order valence-corrected chi connectivity index (χ2v) is 11.7. The zero-order valence-electron chi connectivity index (χ0n) is 15.7. The van der Waals surface area contributed by atoms with Crippen LogP contribution in [-0.4, -0.2) is 43.9 Å². The maximum atomic E-state index is 8.21. The first kappa shape index (κ1) is 26.7. The Morgan fingerprint density at radius 2 is 1.13 bits per heavy atom. The van der Waals surface area contributed by atoms with Gasteiger partial charge in [0.2, 0.25) is 0 Å². The van der Waals surface area contributed by atoms with Crippen molar-refractivity contribution in [2.24, 2.45) is 0 Å². The van der Waals surface area contributed by atoms with Gasteiger partial charge in [0.05, 0.1) is 6.61 Å². The van der Waals surface area contributed by atoms with Gasteiger partial charge in [-0.25, -0.2) is 0 Å². The molecule has 0 spiro atoms. The summed E-state index contributed by atoms with van der Waals surface area (Å²) in [5.74, 6) is 0.639. The molecule has 4 heteroatoms. The first-order valence-electron chi connectivity index (χ1n) is 9.83. The molecule has 0 aliphatic heterocycles. The van der Waals surface area contributed by atoms with Gasteiger partial charge in [0.25, 0.3) is 0 Å². The normalized spacial score (nSPS) is 11.9. The van der Waals surface area contributed by atoms with E-state index in [2.05, 4.69) is 39.1 Å². The molecule has 23 heavy (non-hydrogen) atoms. The molecular formula is C19H42OS2Sn. The van der Waals surface area contributed by atoms with Gasteiger partial charge in [-0.1, -0.05) is 0 Å². The summed E-state index contributed by atoms with van der Waals surface area (Å²) < 4.78 is 3.31. The van der Waals surface area contributed by atoms with Crippen LogP contribution in [0.3, 0.4) is 0 Å². The largest absolute Gasteiger partial charge is 0.395 e. The van der Waals surface area contributed by atoms with Crippen LogP contribution in [-0.2, 0) is 0 Å². The third kappa shape index (κ3) is 28.5. The average Bonchev–Trinajstić information content (AvgIpc) is 2.59. The molecule has 0 bridgehead atoms. The topological polar surface area (TPSA) is 20.2 Å². The average molecular weight is 469 g/mol. The standard InChI is InChI=1S/2C8H17.C3H8OS2.Sn/c2*1-3-5-7-8-6-4-2;4-1-3(6)2-5;/h2*1,3-8H2,2H3;3-6H,1-2H2;. The van der Waals surface area contributed by atoms with Crippen LogP contribution < -0.4 is 0 Å². The summed E-state index contributed by atoms with van der Waals surface area (Å²) in [6.07, 6.45) is 17.8. The number of rotatable bonds is 16. The van der Waals surface area contributed by atoms with Crippen molar-refractivity contribution in [2.45, 2.75) is 105 Å². The summed E-state index contributed by atoms with van der Waals surface area (Å²) in [5, 5.41) is 8.26. The fourth-order valence-electron chi connectivity index (χ4n) is 2.24. The SMILES string of the molecule is CCCCCCC[CH2][Sn][CH2]CCCCCCC.OCC(S)CS. The molecule has 0 heterocycles. The summed E-state index contributed by atoms with van der Waals surface area (Å²) >= 11 is 7.84. The van der Waals surface area contributed by atoms with Gasteiger partial charge in [-0.2, -0.15) is 25.3 Å². The van der Waals surface area contributed by atoms with Crippen molar-refractivity contribution in [2.75, 3.05) is 12.4 Å². The Morgan fingerprint density at radius 3 is 1.43 bits per heavy atom. The number of thiol groups is 2. The Labute approximate surface area is 168 Å². The zero-order chi connectivity index (χ0) is 17.6. The molecule has 0 aliphatic rings. The molecular weight excluding hydrogens is 427 g/mol. The van der Waals surface area contributed by atoms with Crippen LogP contribution in [0.15, 0.2) is 0 Å². The second kappa shape index (κ2) is 25.7. The van der Waals surface area contributed by atoms with E-state index in [0.717, 1.165) is 0 Å². The summed E-state index contributed by atoms with van der Waals surface area (Å²) in [6.45, 7) is 4.72. The van der Waals surface area contributed by atoms with Gasteiger partial charge in [-0.15, -0.1) is 0 Å². The van der Waals surface area contributed by atoms with Gasteiger partial charge >= 0.3 is 121 Å². The first-order chi connectivity index (χ1) is 11.2. The smallest absolute Gasteiger partial charge is 0.0555 e. The number of hydrogen-bond donors (Lipinski definition) is 3. The summed E-state index contributed by atoms with van der Waals surface area (Å²) in [7, 11) is 0. The van der Waals surface area contributed by atoms with Gasteiger partial charge in [0.1, 0.15) is 0 Å². The first-order valence-corrected chi connectivity index (χ1v) is 15.0. The molecule has 1 unspecified atom stereocenters. The predicted octanol–water partition coefficient (Wildman–Crippen LogP) is 6.46. The fraction of sp³-hybridized carbons (Fsp3) is 1.00. The molecule has 140 valence electrons. The molecule has 0 saturated carbocycles. The van der Waals surface area contributed by atoms with Crippen LogP contribution in [0.25, 0.3) is 0 Å². The van der Waals surface area contributed by atoms with Crippen molar-refractivity contribution >= 4 is 46.4 Å². The van der Waals surface area contributed by atoms with Gasteiger partial charge < -0.3 is 5.11 Å². The predicted molar refractivity (Wildman–Crippen MR) is 116 cm³/mol. The maximum absolute atomic E-state index is 8.21. The van der Waals surface area contributed by atoms with Crippen LogP contribution >= 0.6 is 25.3 Å². The van der Waals surface area contributed by atoms with Gasteiger partial charge in [-0.3, -0.25) is 0 Å². The summed E-state index contributed by atoms with van der Waals surface area (Å²) in [6, 6.07) is 0. The molecule has 1 nitrogen and oxygen atoms in total. The molecule has 0 rings (SSSR count). The minimum absolute atomic E-state index is 0.0494. The second-order valence-electron chi connectivity index (χ2n) is 6.30. The number of hydrogen-bond acceptors (Lipinski definition) is 3. The Bertz CT molecular complexity index is 176. The third-order valence-electron chi connectivity index (χ3n) is 3.84. The molecule has 2 radical (unpaired) electrons. The summed E-state index contributed by atoms with van der Waals surface area (Å²) in [4.78, 5) is 0. The number of aliphatic hydroxyl groups is 1. The zero-order valence-corrected chi connectivity index (χ0v) is 20.4. The van der Waals surface area contributed by atoms with Crippen LogP contribution in [0.5, 0.6) is 0 Å². The minimum atomic E-state index is 0.0494. The Morgan fingerprint density at radius 1 is 0.739 bits per heavy atom. The van der Waals surface area contributed by atoms with E-state index >= 15 is 0 Å². The molecule has 0 aromatic heterocycles. The number of unbranched alkanes of at least 4 members (excludes halogenated alkanes) is 10. The minimum Gasteiger partial charge on any atom is -0.395 e. The van der Waals surface area contributed by atoms with Crippen molar-refractivity contribution in [1.82, 2.24) is 0 Å². The molecule has 0 fully saturated rings. The maximum Gasteiger partial charge on any atom is 0.0555 e. The van der Waals surface area contributed by atoms with Crippen LogP contribution in [0.4, 0.5) is 0 Å². The van der Waals surface area contributed by atoms with Crippen LogP contribution in [0, 0.1) is 0 Å². The van der Waals surface area contributed by atoms with E-state index in [-0.39, 0.29) is 33.0 Å². The Kier molecular flexibility index (Phi) is 29.8. The van der Waals surface area contributed by atoms with E-state index in [9.17, 15) is 0 Å². The van der Waals surface area contributed by atoms with Crippen LogP contribution in [0.2, 0.25) is 8.87 Å². The quantitative estimate of drug-likeness (QED) is 0.135. The molecule has 0 amide bonds. The van der Waals surface area contributed by atoms with E-state index in [1.165, 1.54) is 64.2 Å². The van der Waals surface area contributed by atoms with E-state index in [1.54, 1.807) is 21.7 Å². The van der Waals surface area contributed by atoms with E-state index in [1.807, 2.05) is 0 Å². The molecule has 1 atom stereocenters. The van der Waals surface area contributed by atoms with Crippen molar-refractivity contribution in [3.63, 3.8) is 0 Å². The Balaban J connectivity index is 0. The van der Waals surface area contributed by atoms with Crippen molar-refractivity contribution in [1.29, 1.82) is 0 Å². The fourth-order valence-corrected chi connectivity index (χ4v) is 5.93. The molecule has 0 saturated heterocycles. The molecule has 0 aromatic carbocycles. The van der Waals surface area contributed by atoms with Crippen molar-refractivity contribution in [3.05, 3.63) is 0 Å². The van der Waals surface area contributed by atoms with E-state index < -0.39 is 0 Å². The van der Waals surface area contributed by atoms with Gasteiger partial charge in [-0.05, 0) is 0 Å². The molecule has 0 aliphatic carbocycles. The van der Waals surface area contributed by atoms with Gasteiger partial charge in [0.15, 0.2) is 0 Å². The van der Waals surface area contributed by atoms with E-state index in [0.29, 0.717) is 5.75 Å². The van der Waals surface area contributed by atoms with Gasteiger partial charge in [0, 0.05) is 11.0 Å². The molecule has 1 N–H and O–H groups in total. The number of aliphatic hydroxyl groups excluding tert-OH is 1. The Hall–Kier alpha value is 1.46. The van der Waals surface area contributed by atoms with E-state index in [4.69, 9.17) is 5.11 Å². The van der Waals surface area contributed by atoms with Crippen molar-refractivity contribution < 1.29 is 5.11 Å². The summed E-state index contributed by atoms with van der Waals surface area (Å²) in [5.41, 5.74) is 0. The molecule has 0 aromatic rings. The van der Waals surface area contributed by atoms with Crippen molar-refractivity contribution in [3.8, 4) is 0 Å². The van der Waals surface area contributed by atoms with Crippen LogP contribution in [0.1, 0.15) is 90.9 Å².